The van der Waals surface area contributed by atoms with Crippen molar-refractivity contribution in [1.82, 2.24) is 5.32 Å². The van der Waals surface area contributed by atoms with Crippen LogP contribution in [0.4, 0.5) is 0 Å². The summed E-state index contributed by atoms with van der Waals surface area (Å²) in [5.41, 5.74) is 4.45. The second-order valence-corrected chi connectivity index (χ2v) is 4.38. The molecule has 0 aliphatic rings. The zero-order chi connectivity index (χ0) is 12.6. The first-order chi connectivity index (χ1) is 7.31. The Morgan fingerprint density at radius 3 is 2.50 bits per heavy atom. The van der Waals surface area contributed by atoms with Gasteiger partial charge in [0.1, 0.15) is 5.60 Å². The Hall–Kier alpha value is -1.52. The Morgan fingerprint density at radius 2 is 2.00 bits per heavy atom. The fourth-order valence-electron chi connectivity index (χ4n) is 0.952. The molecule has 0 bridgehead atoms. The Balaban J connectivity index is 3.53. The highest BCUT2D eigenvalue weighted by molar-refractivity contribution is 5.85. The van der Waals surface area contributed by atoms with Crippen LogP contribution < -0.4 is 11.1 Å². The minimum atomic E-state index is -0.500. The average molecular weight is 228 g/mol. The molecule has 0 heterocycles. The third-order valence-electron chi connectivity index (χ3n) is 1.49. The third-order valence-corrected chi connectivity index (χ3v) is 1.49. The van der Waals surface area contributed by atoms with Crippen LogP contribution in [0.1, 0.15) is 33.6 Å². The van der Waals surface area contributed by atoms with Gasteiger partial charge in [0.15, 0.2) is 0 Å². The molecule has 0 unspecified atom stereocenters. The van der Waals surface area contributed by atoms with Crippen LogP contribution in [0.25, 0.3) is 0 Å². The van der Waals surface area contributed by atoms with Crippen molar-refractivity contribution in [1.29, 1.82) is 0 Å². The van der Waals surface area contributed by atoms with Crippen molar-refractivity contribution >= 4 is 11.9 Å². The van der Waals surface area contributed by atoms with Crippen LogP contribution >= 0.6 is 0 Å². The summed E-state index contributed by atoms with van der Waals surface area (Å²) in [5.74, 6) is -0.715. The second kappa shape index (κ2) is 6.87. The summed E-state index contributed by atoms with van der Waals surface area (Å²) in [4.78, 5) is 21.6. The Kier molecular flexibility index (Phi) is 6.22. The highest BCUT2D eigenvalue weighted by atomic mass is 16.6. The number of carbonyl (C=O) groups is 2. The molecule has 0 saturated carbocycles. The van der Waals surface area contributed by atoms with E-state index in [1.165, 1.54) is 12.3 Å². The molecule has 16 heavy (non-hydrogen) atoms. The Labute approximate surface area is 96.0 Å². The summed E-state index contributed by atoms with van der Waals surface area (Å²) in [5, 5.41) is 2.85. The van der Waals surface area contributed by atoms with Gasteiger partial charge in [-0.05, 0) is 27.2 Å². The van der Waals surface area contributed by atoms with E-state index in [1.54, 1.807) is 0 Å². The van der Waals surface area contributed by atoms with Gasteiger partial charge in [0.05, 0.1) is 0 Å². The van der Waals surface area contributed by atoms with Crippen LogP contribution in [-0.4, -0.2) is 24.0 Å². The van der Waals surface area contributed by atoms with Crippen molar-refractivity contribution in [3.63, 3.8) is 0 Å². The van der Waals surface area contributed by atoms with Crippen LogP contribution in [0.15, 0.2) is 12.3 Å². The van der Waals surface area contributed by atoms with Gasteiger partial charge in [-0.2, -0.15) is 0 Å². The largest absolute Gasteiger partial charge is 0.460 e. The van der Waals surface area contributed by atoms with E-state index in [1.807, 2.05) is 20.8 Å². The van der Waals surface area contributed by atoms with Gasteiger partial charge in [0.2, 0.25) is 5.91 Å². The number of hydrogen-bond acceptors (Lipinski definition) is 4. The number of esters is 1. The quantitative estimate of drug-likeness (QED) is 0.398. The highest BCUT2D eigenvalue weighted by Crippen LogP contribution is 2.08. The molecule has 0 aromatic rings. The van der Waals surface area contributed by atoms with Crippen molar-refractivity contribution < 1.29 is 14.3 Å². The molecule has 1 amide bonds. The Morgan fingerprint density at radius 1 is 1.38 bits per heavy atom. The lowest BCUT2D eigenvalue weighted by Gasteiger charge is -2.19. The minimum Gasteiger partial charge on any atom is -0.460 e. The van der Waals surface area contributed by atoms with E-state index in [4.69, 9.17) is 10.5 Å². The van der Waals surface area contributed by atoms with Gasteiger partial charge < -0.3 is 15.8 Å². The van der Waals surface area contributed by atoms with Crippen molar-refractivity contribution in [2.24, 2.45) is 5.73 Å². The second-order valence-electron chi connectivity index (χ2n) is 4.38. The molecular weight excluding hydrogens is 208 g/mol. The number of rotatable bonds is 6. The molecule has 0 saturated heterocycles. The molecule has 5 heteroatoms. The molecule has 92 valence electrons. The van der Waals surface area contributed by atoms with E-state index in [2.05, 4.69) is 5.32 Å². The predicted octanol–water partition coefficient (Wildman–Crippen LogP) is 0.697. The SMILES string of the molecule is CC(C)(C)OC(=O)CCCN/C=C\C(N)=O. The van der Waals surface area contributed by atoms with Gasteiger partial charge in [0, 0.05) is 25.2 Å². The van der Waals surface area contributed by atoms with Crippen molar-refractivity contribution in [2.75, 3.05) is 6.54 Å². The zero-order valence-corrected chi connectivity index (χ0v) is 10.1. The molecule has 3 N–H and O–H groups in total. The number of nitrogens with one attached hydrogen (secondary N) is 1. The lowest BCUT2D eigenvalue weighted by atomic mass is 10.2. The number of nitrogens with two attached hydrogens (primary N) is 1. The van der Waals surface area contributed by atoms with Gasteiger partial charge in [-0.25, -0.2) is 0 Å². The van der Waals surface area contributed by atoms with Gasteiger partial charge in [-0.1, -0.05) is 0 Å². The molecule has 0 radical (unpaired) electrons. The molecule has 0 atom stereocenters. The van der Waals surface area contributed by atoms with E-state index >= 15 is 0 Å². The van der Waals surface area contributed by atoms with Gasteiger partial charge >= 0.3 is 5.97 Å². The fourth-order valence-corrected chi connectivity index (χ4v) is 0.952. The summed E-state index contributed by atoms with van der Waals surface area (Å²) in [7, 11) is 0. The first-order valence-electron chi connectivity index (χ1n) is 5.22. The minimum absolute atomic E-state index is 0.215. The first-order valence-corrected chi connectivity index (χ1v) is 5.22. The van der Waals surface area contributed by atoms with Gasteiger partial charge in [-0.15, -0.1) is 0 Å². The van der Waals surface area contributed by atoms with Crippen LogP contribution in [0.2, 0.25) is 0 Å². The van der Waals surface area contributed by atoms with E-state index in [9.17, 15) is 9.59 Å². The van der Waals surface area contributed by atoms with Crippen molar-refractivity contribution in [2.45, 2.75) is 39.2 Å². The van der Waals surface area contributed by atoms with Crippen LogP contribution in [-0.2, 0) is 14.3 Å². The van der Waals surface area contributed by atoms with Gasteiger partial charge in [-0.3, -0.25) is 9.59 Å². The molecule has 0 fully saturated rings. The smallest absolute Gasteiger partial charge is 0.306 e. The molecule has 0 aromatic carbocycles. The van der Waals surface area contributed by atoms with Crippen molar-refractivity contribution in [3.05, 3.63) is 12.3 Å². The van der Waals surface area contributed by atoms with Crippen LogP contribution in [0, 0.1) is 0 Å². The molecule has 0 aliphatic heterocycles. The number of hydrogen-bond donors (Lipinski definition) is 2. The zero-order valence-electron chi connectivity index (χ0n) is 10.1. The number of carbonyl (C=O) groups excluding carboxylic acids is 2. The standard InChI is InChI=1S/C11H20N2O3/c1-11(2,3)16-10(15)5-4-7-13-8-6-9(12)14/h6,8,13H,4-5,7H2,1-3H3,(H2,12,14)/b8-6-. The molecule has 5 nitrogen and oxygen atoms in total. The highest BCUT2D eigenvalue weighted by Gasteiger charge is 2.15. The monoisotopic (exact) mass is 228 g/mol. The van der Waals surface area contributed by atoms with Gasteiger partial charge in [0.25, 0.3) is 0 Å². The van der Waals surface area contributed by atoms with E-state index in [0.717, 1.165) is 0 Å². The first kappa shape index (κ1) is 14.5. The predicted molar refractivity (Wildman–Crippen MR) is 61.4 cm³/mol. The lowest BCUT2D eigenvalue weighted by Crippen LogP contribution is -2.24. The number of primary amides is 1. The molecule has 0 rings (SSSR count). The maximum atomic E-state index is 11.3. The fraction of sp³-hybridized carbons (Fsp3) is 0.636. The maximum Gasteiger partial charge on any atom is 0.306 e. The Bertz CT molecular complexity index is 267. The maximum absolute atomic E-state index is 11.3. The normalized spacial score (nSPS) is 11.4. The number of amides is 1. The van der Waals surface area contributed by atoms with Crippen LogP contribution in [0.3, 0.4) is 0 Å². The van der Waals surface area contributed by atoms with E-state index in [0.29, 0.717) is 19.4 Å². The van der Waals surface area contributed by atoms with Crippen molar-refractivity contribution in [3.8, 4) is 0 Å². The molecular formula is C11H20N2O3. The summed E-state index contributed by atoms with van der Waals surface area (Å²) in [6.07, 6.45) is 3.71. The lowest BCUT2D eigenvalue weighted by molar-refractivity contribution is -0.154. The third kappa shape index (κ3) is 10.6. The molecule has 0 aliphatic carbocycles. The molecule has 0 aromatic heterocycles. The summed E-state index contributed by atoms with van der Waals surface area (Å²) < 4.78 is 5.12. The summed E-state index contributed by atoms with van der Waals surface area (Å²) in [6.45, 7) is 6.10. The van der Waals surface area contributed by atoms with Crippen LogP contribution in [0.5, 0.6) is 0 Å². The summed E-state index contributed by atoms with van der Waals surface area (Å²) >= 11 is 0. The average Bonchev–Trinajstić information content (AvgIpc) is 2.07. The summed E-state index contributed by atoms with van der Waals surface area (Å²) in [6, 6.07) is 0. The molecule has 0 spiro atoms. The topological polar surface area (TPSA) is 81.4 Å². The number of ether oxygens (including phenoxy) is 1. The van der Waals surface area contributed by atoms with E-state index in [-0.39, 0.29) is 5.97 Å². The van der Waals surface area contributed by atoms with E-state index < -0.39 is 11.5 Å².